The van der Waals surface area contributed by atoms with Gasteiger partial charge in [0, 0.05) is 5.56 Å². The molecule has 2 aromatic rings. The summed E-state index contributed by atoms with van der Waals surface area (Å²) in [5, 5.41) is 3.64. The molecule has 0 fully saturated rings. The van der Waals surface area contributed by atoms with E-state index in [-0.39, 0.29) is 0 Å². The Labute approximate surface area is 89.0 Å². The van der Waals surface area contributed by atoms with Crippen LogP contribution in [-0.4, -0.2) is 17.3 Å². The Hall–Kier alpha value is -1.36. The van der Waals surface area contributed by atoms with Crippen molar-refractivity contribution in [2.45, 2.75) is 0 Å². The van der Waals surface area contributed by atoms with Crippen molar-refractivity contribution in [2.75, 3.05) is 7.11 Å². The van der Waals surface area contributed by atoms with E-state index in [1.54, 1.807) is 7.11 Å². The summed E-state index contributed by atoms with van der Waals surface area (Å²) in [5.74, 6) is 1.23. The van der Waals surface area contributed by atoms with Gasteiger partial charge in [-0.15, -0.1) is 0 Å². The van der Waals surface area contributed by atoms with Crippen molar-refractivity contribution in [1.82, 2.24) is 10.1 Å². The number of ether oxygens (including phenoxy) is 1. The van der Waals surface area contributed by atoms with Gasteiger partial charge in [0.2, 0.25) is 4.73 Å². The van der Waals surface area contributed by atoms with Gasteiger partial charge in [-0.05, 0) is 39.3 Å². The average Bonchev–Trinajstić information content (AvgIpc) is 2.65. The zero-order chi connectivity index (χ0) is 9.97. The fraction of sp³-hybridized carbons (Fsp3) is 0.111. The summed E-state index contributed by atoms with van der Waals surface area (Å²) in [7, 11) is 1.61. The molecule has 2 rings (SSSR count). The number of methoxy groups -OCH3 is 1. The third-order valence-electron chi connectivity index (χ3n) is 1.72. The minimum Gasteiger partial charge on any atom is -0.497 e. The fourth-order valence-electron chi connectivity index (χ4n) is 1.08. The summed E-state index contributed by atoms with van der Waals surface area (Å²) in [6.07, 6.45) is 0. The minimum atomic E-state index is 0.440. The van der Waals surface area contributed by atoms with Gasteiger partial charge < -0.3 is 9.26 Å². The highest BCUT2D eigenvalue weighted by atomic mass is 79.9. The first kappa shape index (κ1) is 9.21. The molecule has 0 saturated carbocycles. The number of hydrogen-bond donors (Lipinski definition) is 0. The van der Waals surface area contributed by atoms with Crippen LogP contribution in [0.3, 0.4) is 0 Å². The molecule has 0 aliphatic carbocycles. The van der Waals surface area contributed by atoms with E-state index in [9.17, 15) is 0 Å². The van der Waals surface area contributed by atoms with Gasteiger partial charge in [0.1, 0.15) is 5.75 Å². The first-order chi connectivity index (χ1) is 6.79. The largest absolute Gasteiger partial charge is 0.497 e. The monoisotopic (exact) mass is 254 g/mol. The molecular weight excluding hydrogens is 248 g/mol. The molecule has 0 atom stereocenters. The van der Waals surface area contributed by atoms with Crippen LogP contribution in [0.5, 0.6) is 5.75 Å². The molecule has 0 aliphatic heterocycles. The zero-order valence-corrected chi connectivity index (χ0v) is 8.98. The van der Waals surface area contributed by atoms with Crippen LogP contribution in [0.1, 0.15) is 0 Å². The highest BCUT2D eigenvalue weighted by molar-refractivity contribution is 9.10. The van der Waals surface area contributed by atoms with Crippen molar-refractivity contribution in [2.24, 2.45) is 0 Å². The maximum atomic E-state index is 5.08. The van der Waals surface area contributed by atoms with E-state index in [0.29, 0.717) is 10.6 Å². The van der Waals surface area contributed by atoms with Crippen LogP contribution in [-0.2, 0) is 0 Å². The minimum absolute atomic E-state index is 0.440. The number of benzene rings is 1. The normalized spacial score (nSPS) is 10.1. The molecular formula is C9H7BrN2O2. The molecule has 0 amide bonds. The van der Waals surface area contributed by atoms with E-state index in [1.807, 2.05) is 24.3 Å². The Morgan fingerprint density at radius 1 is 1.43 bits per heavy atom. The van der Waals surface area contributed by atoms with E-state index in [2.05, 4.69) is 26.1 Å². The Morgan fingerprint density at radius 2 is 2.29 bits per heavy atom. The number of nitrogens with zero attached hydrogens (tertiary/aromatic N) is 2. The van der Waals surface area contributed by atoms with Crippen molar-refractivity contribution >= 4 is 15.9 Å². The predicted molar refractivity (Wildman–Crippen MR) is 54.0 cm³/mol. The molecule has 0 saturated heterocycles. The summed E-state index contributed by atoms with van der Waals surface area (Å²) >= 11 is 3.12. The highest BCUT2D eigenvalue weighted by Gasteiger charge is 2.06. The van der Waals surface area contributed by atoms with Crippen LogP contribution < -0.4 is 4.74 Å². The first-order valence-electron chi connectivity index (χ1n) is 3.93. The van der Waals surface area contributed by atoms with Crippen molar-refractivity contribution < 1.29 is 9.26 Å². The van der Waals surface area contributed by atoms with E-state index >= 15 is 0 Å². The fourth-order valence-corrected chi connectivity index (χ4v) is 1.31. The Balaban J connectivity index is 2.41. The zero-order valence-electron chi connectivity index (χ0n) is 7.40. The Kier molecular flexibility index (Phi) is 2.49. The third kappa shape index (κ3) is 1.77. The molecule has 0 radical (unpaired) electrons. The summed E-state index contributed by atoms with van der Waals surface area (Å²) in [4.78, 5) is 4.04. The highest BCUT2D eigenvalue weighted by Crippen LogP contribution is 2.22. The second-order valence-electron chi connectivity index (χ2n) is 2.60. The lowest BCUT2D eigenvalue weighted by atomic mass is 10.2. The molecule has 0 aliphatic rings. The van der Waals surface area contributed by atoms with Gasteiger partial charge in [-0.25, -0.2) is 0 Å². The van der Waals surface area contributed by atoms with Crippen molar-refractivity contribution in [1.29, 1.82) is 0 Å². The van der Waals surface area contributed by atoms with Crippen molar-refractivity contribution in [3.05, 3.63) is 29.0 Å². The number of aromatic nitrogens is 2. The lowest BCUT2D eigenvalue weighted by Gasteiger charge is -1.99. The second kappa shape index (κ2) is 3.79. The van der Waals surface area contributed by atoms with Gasteiger partial charge in [0.15, 0.2) is 0 Å². The molecule has 0 unspecified atom stereocenters. The molecule has 4 nitrogen and oxygen atoms in total. The first-order valence-corrected chi connectivity index (χ1v) is 4.72. The lowest BCUT2D eigenvalue weighted by Crippen LogP contribution is -1.83. The third-order valence-corrected chi connectivity index (χ3v) is 2.04. The maximum Gasteiger partial charge on any atom is 0.258 e. The smallest absolute Gasteiger partial charge is 0.258 e. The average molecular weight is 255 g/mol. The van der Waals surface area contributed by atoms with Crippen molar-refractivity contribution in [3.8, 4) is 17.2 Å². The maximum absolute atomic E-state index is 5.08. The second-order valence-corrected chi connectivity index (χ2v) is 3.31. The topological polar surface area (TPSA) is 48.2 Å². The standard InChI is InChI=1S/C9H7BrN2O2/c1-13-7-4-2-3-6(5-7)8-11-9(10)12-14-8/h2-5H,1H3. The van der Waals surface area contributed by atoms with Crippen LogP contribution >= 0.6 is 15.9 Å². The van der Waals surface area contributed by atoms with Crippen LogP contribution in [0.15, 0.2) is 33.5 Å². The van der Waals surface area contributed by atoms with E-state index in [1.165, 1.54) is 0 Å². The molecule has 5 heteroatoms. The number of halogens is 1. The van der Waals surface area contributed by atoms with E-state index in [4.69, 9.17) is 9.26 Å². The number of rotatable bonds is 2. The van der Waals surface area contributed by atoms with Gasteiger partial charge in [0.25, 0.3) is 5.89 Å². The Bertz CT molecular complexity index is 442. The van der Waals surface area contributed by atoms with Gasteiger partial charge in [-0.2, -0.15) is 4.98 Å². The van der Waals surface area contributed by atoms with Gasteiger partial charge >= 0.3 is 0 Å². The molecule has 14 heavy (non-hydrogen) atoms. The van der Waals surface area contributed by atoms with E-state index < -0.39 is 0 Å². The summed E-state index contributed by atoms with van der Waals surface area (Å²) < 4.78 is 10.5. The SMILES string of the molecule is COc1cccc(-c2nc(Br)no2)c1. The molecule has 0 N–H and O–H groups in total. The molecule has 1 heterocycles. The molecule has 0 spiro atoms. The van der Waals surface area contributed by atoms with Gasteiger partial charge in [0.05, 0.1) is 7.11 Å². The molecule has 1 aromatic carbocycles. The molecule has 1 aromatic heterocycles. The predicted octanol–water partition coefficient (Wildman–Crippen LogP) is 2.51. The summed E-state index contributed by atoms with van der Waals surface area (Å²) in [6, 6.07) is 7.43. The number of hydrogen-bond acceptors (Lipinski definition) is 4. The lowest BCUT2D eigenvalue weighted by molar-refractivity contribution is 0.412. The molecule has 72 valence electrons. The van der Waals surface area contributed by atoms with Crippen LogP contribution in [0.2, 0.25) is 0 Å². The van der Waals surface area contributed by atoms with Crippen LogP contribution in [0.4, 0.5) is 0 Å². The Morgan fingerprint density at radius 3 is 2.93 bits per heavy atom. The van der Waals surface area contributed by atoms with E-state index in [0.717, 1.165) is 11.3 Å². The summed E-state index contributed by atoms with van der Waals surface area (Å²) in [5.41, 5.74) is 0.836. The summed E-state index contributed by atoms with van der Waals surface area (Å²) in [6.45, 7) is 0. The van der Waals surface area contributed by atoms with Gasteiger partial charge in [-0.1, -0.05) is 6.07 Å². The van der Waals surface area contributed by atoms with Crippen LogP contribution in [0, 0.1) is 0 Å². The van der Waals surface area contributed by atoms with Gasteiger partial charge in [-0.3, -0.25) is 0 Å². The quantitative estimate of drug-likeness (QED) is 0.827. The van der Waals surface area contributed by atoms with Crippen LogP contribution in [0.25, 0.3) is 11.5 Å². The van der Waals surface area contributed by atoms with Crippen molar-refractivity contribution in [3.63, 3.8) is 0 Å². The molecule has 0 bridgehead atoms.